The van der Waals surface area contributed by atoms with Crippen LogP contribution in [0.3, 0.4) is 0 Å². The van der Waals surface area contributed by atoms with Crippen LogP contribution in [0.25, 0.3) is 22.6 Å². The predicted octanol–water partition coefficient (Wildman–Crippen LogP) is 3.14. The van der Waals surface area contributed by atoms with Crippen molar-refractivity contribution in [1.29, 1.82) is 0 Å². The molecule has 31 heavy (non-hydrogen) atoms. The van der Waals surface area contributed by atoms with E-state index in [1.807, 2.05) is 37.3 Å². The van der Waals surface area contributed by atoms with E-state index in [1.54, 1.807) is 18.2 Å². The topological polar surface area (TPSA) is 102 Å². The molecule has 0 bridgehead atoms. The van der Waals surface area contributed by atoms with Crippen LogP contribution in [0.2, 0.25) is 0 Å². The van der Waals surface area contributed by atoms with E-state index in [-0.39, 0.29) is 24.8 Å². The summed E-state index contributed by atoms with van der Waals surface area (Å²) in [5.41, 5.74) is 1.97. The summed E-state index contributed by atoms with van der Waals surface area (Å²) in [5, 5.41) is 8.45. The Balaban J connectivity index is 1.38. The first kappa shape index (κ1) is 18.9. The second kappa shape index (κ2) is 7.94. The van der Waals surface area contributed by atoms with Gasteiger partial charge in [0.15, 0.2) is 11.5 Å². The van der Waals surface area contributed by atoms with Gasteiger partial charge in [-0.1, -0.05) is 5.16 Å². The van der Waals surface area contributed by atoms with E-state index < -0.39 is 0 Å². The van der Waals surface area contributed by atoms with Gasteiger partial charge in [0.2, 0.25) is 18.5 Å². The fourth-order valence-electron chi connectivity index (χ4n) is 3.20. The standard InChI is InChI=1S/C22H18N4O5/c1-2-28-16-6-3-14(4-7-16)17-8-10-21(27)26(24-17)12-20-23-22(25-31-20)15-5-9-18-19(11-15)30-13-29-18/h3-11H,2,12-13H2,1H3. The molecule has 2 aromatic heterocycles. The van der Waals surface area contributed by atoms with Gasteiger partial charge in [0.1, 0.15) is 12.3 Å². The fraction of sp³-hybridized carbons (Fsp3) is 0.182. The van der Waals surface area contributed by atoms with Crippen molar-refractivity contribution >= 4 is 0 Å². The smallest absolute Gasteiger partial charge is 0.267 e. The number of hydrogen-bond donors (Lipinski definition) is 0. The fourth-order valence-corrected chi connectivity index (χ4v) is 3.20. The van der Waals surface area contributed by atoms with E-state index in [1.165, 1.54) is 10.7 Å². The van der Waals surface area contributed by atoms with Crippen LogP contribution < -0.4 is 19.8 Å². The molecule has 0 amide bonds. The first-order chi connectivity index (χ1) is 15.2. The van der Waals surface area contributed by atoms with Gasteiger partial charge in [0.25, 0.3) is 5.56 Å². The van der Waals surface area contributed by atoms with Gasteiger partial charge in [-0.3, -0.25) is 4.79 Å². The molecule has 0 aliphatic carbocycles. The van der Waals surface area contributed by atoms with Crippen LogP contribution >= 0.6 is 0 Å². The molecule has 9 heteroatoms. The molecule has 0 saturated carbocycles. The van der Waals surface area contributed by atoms with Gasteiger partial charge in [-0.25, -0.2) is 4.68 Å². The lowest BCUT2D eigenvalue weighted by Crippen LogP contribution is -2.23. The lowest BCUT2D eigenvalue weighted by Gasteiger charge is -2.07. The van der Waals surface area contributed by atoms with E-state index in [4.69, 9.17) is 18.7 Å². The maximum Gasteiger partial charge on any atom is 0.267 e. The van der Waals surface area contributed by atoms with Gasteiger partial charge in [-0.15, -0.1) is 0 Å². The molecule has 156 valence electrons. The van der Waals surface area contributed by atoms with Crippen LogP contribution in [0.4, 0.5) is 0 Å². The monoisotopic (exact) mass is 418 g/mol. The largest absolute Gasteiger partial charge is 0.494 e. The highest BCUT2D eigenvalue weighted by Gasteiger charge is 2.17. The van der Waals surface area contributed by atoms with Crippen LogP contribution in [-0.4, -0.2) is 33.3 Å². The normalized spacial score (nSPS) is 12.2. The Labute approximate surface area is 176 Å². The molecule has 0 saturated heterocycles. The first-order valence-corrected chi connectivity index (χ1v) is 9.73. The van der Waals surface area contributed by atoms with Gasteiger partial charge in [0.05, 0.1) is 12.3 Å². The Hall–Kier alpha value is -4.14. The highest BCUT2D eigenvalue weighted by Crippen LogP contribution is 2.35. The average molecular weight is 418 g/mol. The lowest BCUT2D eigenvalue weighted by atomic mass is 10.1. The molecule has 4 aromatic rings. The lowest BCUT2D eigenvalue weighted by molar-refractivity contribution is 0.174. The summed E-state index contributed by atoms with van der Waals surface area (Å²) in [6.45, 7) is 2.78. The summed E-state index contributed by atoms with van der Waals surface area (Å²) in [6.07, 6.45) is 0. The van der Waals surface area contributed by atoms with Crippen LogP contribution in [0.1, 0.15) is 12.8 Å². The van der Waals surface area contributed by atoms with E-state index in [9.17, 15) is 4.79 Å². The molecule has 0 N–H and O–H groups in total. The van der Waals surface area contributed by atoms with E-state index in [0.29, 0.717) is 29.6 Å². The van der Waals surface area contributed by atoms with Crippen LogP contribution in [0.5, 0.6) is 17.2 Å². The minimum atomic E-state index is -0.266. The number of hydrogen-bond acceptors (Lipinski definition) is 8. The van der Waals surface area contributed by atoms with Gasteiger partial charge >= 0.3 is 0 Å². The van der Waals surface area contributed by atoms with Crippen molar-refractivity contribution in [2.24, 2.45) is 0 Å². The third kappa shape index (κ3) is 3.85. The average Bonchev–Trinajstić information content (AvgIpc) is 3.45. The Bertz CT molecular complexity index is 1280. The molecule has 2 aromatic carbocycles. The maximum atomic E-state index is 12.3. The number of rotatable bonds is 6. The summed E-state index contributed by atoms with van der Waals surface area (Å²) in [7, 11) is 0. The second-order valence-corrected chi connectivity index (χ2v) is 6.75. The predicted molar refractivity (Wildman–Crippen MR) is 110 cm³/mol. The van der Waals surface area contributed by atoms with Crippen molar-refractivity contribution < 1.29 is 18.7 Å². The summed E-state index contributed by atoms with van der Waals surface area (Å²) in [4.78, 5) is 16.7. The minimum absolute atomic E-state index is 0.0568. The second-order valence-electron chi connectivity index (χ2n) is 6.75. The van der Waals surface area contributed by atoms with Gasteiger partial charge in [0, 0.05) is 17.2 Å². The number of ether oxygens (including phenoxy) is 3. The quantitative estimate of drug-likeness (QED) is 0.471. The van der Waals surface area contributed by atoms with Crippen LogP contribution in [0.15, 0.2) is 63.9 Å². The molecular formula is C22H18N4O5. The number of aromatic nitrogens is 4. The van der Waals surface area contributed by atoms with Crippen molar-refractivity contribution in [2.75, 3.05) is 13.4 Å². The zero-order valence-electron chi connectivity index (χ0n) is 16.6. The van der Waals surface area contributed by atoms with Crippen LogP contribution in [0, 0.1) is 0 Å². The molecule has 0 unspecified atom stereocenters. The summed E-state index contributed by atoms with van der Waals surface area (Å²) in [5.74, 6) is 2.75. The highest BCUT2D eigenvalue weighted by molar-refractivity contribution is 5.61. The molecular weight excluding hydrogens is 400 g/mol. The zero-order chi connectivity index (χ0) is 21.2. The van der Waals surface area contributed by atoms with Crippen LogP contribution in [-0.2, 0) is 6.54 Å². The molecule has 1 aliphatic rings. The van der Waals surface area contributed by atoms with Gasteiger partial charge in [-0.2, -0.15) is 10.1 Å². The number of nitrogens with zero attached hydrogens (tertiary/aromatic N) is 4. The Morgan fingerprint density at radius 3 is 2.65 bits per heavy atom. The SMILES string of the molecule is CCOc1ccc(-c2ccc(=O)n(Cc3nc(-c4ccc5c(c4)OCO5)no3)n2)cc1. The number of benzene rings is 2. The number of fused-ring (bicyclic) bond motifs is 1. The third-order valence-corrected chi connectivity index (χ3v) is 4.71. The van der Waals surface area contributed by atoms with E-state index in [2.05, 4.69) is 15.2 Å². The van der Waals surface area contributed by atoms with Gasteiger partial charge < -0.3 is 18.7 Å². The molecule has 3 heterocycles. The Kier molecular flexibility index (Phi) is 4.83. The third-order valence-electron chi connectivity index (χ3n) is 4.71. The van der Waals surface area contributed by atoms with Crippen molar-refractivity contribution in [1.82, 2.24) is 19.9 Å². The van der Waals surface area contributed by atoms with Crippen molar-refractivity contribution in [2.45, 2.75) is 13.5 Å². The van der Waals surface area contributed by atoms with Crippen molar-refractivity contribution in [3.63, 3.8) is 0 Å². The molecule has 1 aliphatic heterocycles. The van der Waals surface area contributed by atoms with E-state index in [0.717, 1.165) is 16.9 Å². The molecule has 0 spiro atoms. The maximum absolute atomic E-state index is 12.3. The Morgan fingerprint density at radius 1 is 1.00 bits per heavy atom. The van der Waals surface area contributed by atoms with E-state index >= 15 is 0 Å². The minimum Gasteiger partial charge on any atom is -0.494 e. The summed E-state index contributed by atoms with van der Waals surface area (Å²) < 4.78 is 22.8. The summed E-state index contributed by atoms with van der Waals surface area (Å²) in [6, 6.07) is 16.1. The molecule has 0 atom stereocenters. The molecule has 0 fully saturated rings. The molecule has 0 radical (unpaired) electrons. The van der Waals surface area contributed by atoms with Crippen molar-refractivity contribution in [3.05, 3.63) is 70.8 Å². The highest BCUT2D eigenvalue weighted by atomic mass is 16.7. The van der Waals surface area contributed by atoms with Crippen molar-refractivity contribution in [3.8, 4) is 39.9 Å². The Morgan fingerprint density at radius 2 is 1.81 bits per heavy atom. The molecule has 5 rings (SSSR count). The summed E-state index contributed by atoms with van der Waals surface area (Å²) >= 11 is 0. The first-order valence-electron chi connectivity index (χ1n) is 9.73. The van der Waals surface area contributed by atoms with Gasteiger partial charge in [-0.05, 0) is 55.5 Å². The molecule has 9 nitrogen and oxygen atoms in total. The zero-order valence-corrected chi connectivity index (χ0v) is 16.6.